The normalized spacial score (nSPS) is 15.3. The van der Waals surface area contributed by atoms with Crippen LogP contribution in [-0.4, -0.2) is 45.4 Å². The number of likely N-dealkylation sites (tertiary alicyclic amines) is 1. The molecule has 100 valence electrons. The van der Waals surface area contributed by atoms with Gasteiger partial charge in [0.1, 0.15) is 6.54 Å². The van der Waals surface area contributed by atoms with Crippen LogP contribution in [-0.2, 0) is 17.8 Å². The lowest BCUT2D eigenvalue weighted by atomic mass is 10.2. The first-order chi connectivity index (χ1) is 8.79. The monoisotopic (exact) mass is 251 g/mol. The van der Waals surface area contributed by atoms with E-state index in [1.54, 1.807) is 4.68 Å². The number of carbonyl (C=O) groups is 1. The molecule has 2 N–H and O–H groups in total. The van der Waals surface area contributed by atoms with Crippen molar-refractivity contribution < 1.29 is 4.79 Å². The Morgan fingerprint density at radius 3 is 2.83 bits per heavy atom. The summed E-state index contributed by atoms with van der Waals surface area (Å²) in [5.41, 5.74) is 6.38. The van der Waals surface area contributed by atoms with E-state index in [0.29, 0.717) is 13.1 Å². The van der Waals surface area contributed by atoms with Gasteiger partial charge >= 0.3 is 0 Å². The largest absolute Gasteiger partial charge is 0.341 e. The number of nitrogens with zero attached hydrogens (tertiary/aromatic N) is 4. The van der Waals surface area contributed by atoms with Crippen molar-refractivity contribution in [3.8, 4) is 0 Å². The second-order valence-corrected chi connectivity index (χ2v) is 4.74. The highest BCUT2D eigenvalue weighted by Gasteiger charge is 2.18. The zero-order valence-electron chi connectivity index (χ0n) is 10.7. The number of hydrogen-bond acceptors (Lipinski definition) is 4. The van der Waals surface area contributed by atoms with E-state index in [0.717, 1.165) is 50.9 Å². The van der Waals surface area contributed by atoms with Crippen LogP contribution in [0.25, 0.3) is 0 Å². The Labute approximate surface area is 107 Å². The molecule has 1 aliphatic heterocycles. The van der Waals surface area contributed by atoms with Crippen molar-refractivity contribution in [3.63, 3.8) is 0 Å². The fraction of sp³-hybridized carbons (Fsp3) is 0.750. The minimum atomic E-state index is 0.144. The molecule has 18 heavy (non-hydrogen) atoms. The first-order valence-electron chi connectivity index (χ1n) is 6.66. The van der Waals surface area contributed by atoms with E-state index in [9.17, 15) is 4.79 Å². The van der Waals surface area contributed by atoms with Crippen LogP contribution in [0.5, 0.6) is 0 Å². The molecule has 0 radical (unpaired) electrons. The molecule has 1 amide bonds. The Balaban J connectivity index is 1.80. The summed E-state index contributed by atoms with van der Waals surface area (Å²) in [4.78, 5) is 13.8. The maximum Gasteiger partial charge on any atom is 0.244 e. The van der Waals surface area contributed by atoms with Gasteiger partial charge in [-0.3, -0.25) is 4.79 Å². The number of aromatic nitrogens is 3. The van der Waals surface area contributed by atoms with Gasteiger partial charge in [0.15, 0.2) is 0 Å². The highest BCUT2D eigenvalue weighted by molar-refractivity contribution is 5.76. The SMILES string of the molecule is NCCCCc1cn(CC(=O)N2CCCC2)nn1. The van der Waals surface area contributed by atoms with E-state index in [2.05, 4.69) is 10.3 Å². The summed E-state index contributed by atoms with van der Waals surface area (Å²) in [6, 6.07) is 0. The summed E-state index contributed by atoms with van der Waals surface area (Å²) >= 11 is 0. The molecule has 1 fully saturated rings. The summed E-state index contributed by atoms with van der Waals surface area (Å²) in [6.45, 7) is 2.79. The number of rotatable bonds is 6. The molecular weight excluding hydrogens is 230 g/mol. The van der Waals surface area contributed by atoms with Gasteiger partial charge in [-0.05, 0) is 38.6 Å². The fourth-order valence-electron chi connectivity index (χ4n) is 2.19. The van der Waals surface area contributed by atoms with Gasteiger partial charge in [0.2, 0.25) is 5.91 Å². The van der Waals surface area contributed by atoms with Crippen molar-refractivity contribution in [2.45, 2.75) is 38.6 Å². The molecule has 1 saturated heterocycles. The Bertz CT molecular complexity index is 384. The third-order valence-corrected chi connectivity index (χ3v) is 3.23. The van der Waals surface area contributed by atoms with Crippen LogP contribution in [0, 0.1) is 0 Å². The van der Waals surface area contributed by atoms with Crippen molar-refractivity contribution in [1.29, 1.82) is 0 Å². The number of nitrogens with two attached hydrogens (primary N) is 1. The highest BCUT2D eigenvalue weighted by Crippen LogP contribution is 2.08. The number of hydrogen-bond donors (Lipinski definition) is 1. The van der Waals surface area contributed by atoms with Gasteiger partial charge in [-0.2, -0.15) is 0 Å². The standard InChI is InChI=1S/C12H21N5O/c13-6-2-1-5-11-9-17(15-14-11)10-12(18)16-7-3-4-8-16/h9H,1-8,10,13H2. The molecule has 1 aromatic heterocycles. The molecule has 2 rings (SSSR count). The molecule has 0 bridgehead atoms. The van der Waals surface area contributed by atoms with Gasteiger partial charge < -0.3 is 10.6 Å². The van der Waals surface area contributed by atoms with E-state index < -0.39 is 0 Å². The maximum absolute atomic E-state index is 11.9. The van der Waals surface area contributed by atoms with Crippen molar-refractivity contribution in [2.75, 3.05) is 19.6 Å². The number of aryl methyl sites for hydroxylation is 1. The molecule has 1 aromatic rings. The molecule has 0 unspecified atom stereocenters. The molecule has 2 heterocycles. The number of carbonyl (C=O) groups excluding carboxylic acids is 1. The first-order valence-corrected chi connectivity index (χ1v) is 6.66. The number of unbranched alkanes of at least 4 members (excludes halogenated alkanes) is 1. The minimum Gasteiger partial charge on any atom is -0.341 e. The van der Waals surface area contributed by atoms with Crippen LogP contribution in [0.2, 0.25) is 0 Å². The van der Waals surface area contributed by atoms with Crippen molar-refractivity contribution in [2.24, 2.45) is 5.73 Å². The second-order valence-electron chi connectivity index (χ2n) is 4.74. The van der Waals surface area contributed by atoms with E-state index >= 15 is 0 Å². The Hall–Kier alpha value is -1.43. The zero-order chi connectivity index (χ0) is 12.8. The van der Waals surface area contributed by atoms with Gasteiger partial charge in [-0.1, -0.05) is 5.21 Å². The van der Waals surface area contributed by atoms with Gasteiger partial charge in [0, 0.05) is 19.3 Å². The molecule has 6 nitrogen and oxygen atoms in total. The van der Waals surface area contributed by atoms with Crippen molar-refractivity contribution >= 4 is 5.91 Å². The molecule has 6 heteroatoms. The zero-order valence-corrected chi connectivity index (χ0v) is 10.7. The maximum atomic E-state index is 11.9. The summed E-state index contributed by atoms with van der Waals surface area (Å²) in [5.74, 6) is 0.144. The molecule has 0 saturated carbocycles. The van der Waals surface area contributed by atoms with Gasteiger partial charge in [0.25, 0.3) is 0 Å². The van der Waals surface area contributed by atoms with E-state index in [1.165, 1.54) is 0 Å². The summed E-state index contributed by atoms with van der Waals surface area (Å²) < 4.78 is 1.64. The number of amides is 1. The van der Waals surface area contributed by atoms with Crippen LogP contribution < -0.4 is 5.73 Å². The lowest BCUT2D eigenvalue weighted by Gasteiger charge is -2.14. The lowest BCUT2D eigenvalue weighted by Crippen LogP contribution is -2.31. The first kappa shape index (κ1) is 13.0. The van der Waals surface area contributed by atoms with Crippen LogP contribution in [0.1, 0.15) is 31.4 Å². The Kier molecular flexibility index (Phi) is 4.69. The van der Waals surface area contributed by atoms with Gasteiger partial charge in [-0.25, -0.2) is 4.68 Å². The third kappa shape index (κ3) is 3.53. The summed E-state index contributed by atoms with van der Waals surface area (Å²) in [6.07, 6.45) is 7.01. The quantitative estimate of drug-likeness (QED) is 0.732. The summed E-state index contributed by atoms with van der Waals surface area (Å²) in [7, 11) is 0. The average Bonchev–Trinajstić information content (AvgIpc) is 3.00. The highest BCUT2D eigenvalue weighted by atomic mass is 16.2. The smallest absolute Gasteiger partial charge is 0.244 e. The molecular formula is C12H21N5O. The molecule has 1 aliphatic rings. The van der Waals surface area contributed by atoms with Crippen molar-refractivity contribution in [1.82, 2.24) is 19.9 Å². The Morgan fingerprint density at radius 1 is 1.33 bits per heavy atom. The predicted molar refractivity (Wildman–Crippen MR) is 67.8 cm³/mol. The predicted octanol–water partition coefficient (Wildman–Crippen LogP) is 0.182. The van der Waals surface area contributed by atoms with Crippen LogP contribution in [0.15, 0.2) is 6.20 Å². The van der Waals surface area contributed by atoms with E-state index in [1.807, 2.05) is 11.1 Å². The summed E-state index contributed by atoms with van der Waals surface area (Å²) in [5, 5.41) is 8.06. The molecule has 0 aliphatic carbocycles. The second kappa shape index (κ2) is 6.49. The van der Waals surface area contributed by atoms with Crippen molar-refractivity contribution in [3.05, 3.63) is 11.9 Å². The molecule has 0 aromatic carbocycles. The fourth-order valence-corrected chi connectivity index (χ4v) is 2.19. The Morgan fingerprint density at radius 2 is 2.11 bits per heavy atom. The average molecular weight is 251 g/mol. The lowest BCUT2D eigenvalue weighted by molar-refractivity contribution is -0.130. The van der Waals surface area contributed by atoms with Gasteiger partial charge in [-0.15, -0.1) is 5.10 Å². The van der Waals surface area contributed by atoms with E-state index in [4.69, 9.17) is 5.73 Å². The third-order valence-electron chi connectivity index (χ3n) is 3.23. The van der Waals surface area contributed by atoms with Crippen LogP contribution >= 0.6 is 0 Å². The molecule has 0 spiro atoms. The van der Waals surface area contributed by atoms with Crippen LogP contribution in [0.3, 0.4) is 0 Å². The van der Waals surface area contributed by atoms with Crippen LogP contribution in [0.4, 0.5) is 0 Å². The topological polar surface area (TPSA) is 77.0 Å². The molecule has 0 atom stereocenters. The van der Waals surface area contributed by atoms with Gasteiger partial charge in [0.05, 0.1) is 5.69 Å². The van der Waals surface area contributed by atoms with E-state index in [-0.39, 0.29) is 5.91 Å². The minimum absolute atomic E-state index is 0.144.